The van der Waals surface area contributed by atoms with Gasteiger partial charge < -0.3 is 10.5 Å². The molecule has 5 nitrogen and oxygen atoms in total. The van der Waals surface area contributed by atoms with Gasteiger partial charge in [-0.2, -0.15) is 0 Å². The minimum absolute atomic E-state index is 0.115. The number of rotatable bonds is 5. The molecule has 2 amide bonds. The average Bonchev–Trinajstić information content (AvgIpc) is 2.22. The highest BCUT2D eigenvalue weighted by Crippen LogP contribution is 2.11. The quantitative estimate of drug-likeness (QED) is 0.542. The third-order valence-corrected chi connectivity index (χ3v) is 2.53. The Bertz CT molecular complexity index is 266. The zero-order valence-corrected chi connectivity index (χ0v) is 9.94. The molecule has 92 valence electrons. The Labute approximate surface area is 95.9 Å². The molecular formula is C11H20N2O3. The van der Waals surface area contributed by atoms with Gasteiger partial charge in [0.25, 0.3) is 0 Å². The van der Waals surface area contributed by atoms with E-state index < -0.39 is 6.04 Å². The molecule has 16 heavy (non-hydrogen) atoms. The number of hydrogen-bond acceptors (Lipinski definition) is 4. The van der Waals surface area contributed by atoms with Gasteiger partial charge in [0.15, 0.2) is 0 Å². The fourth-order valence-corrected chi connectivity index (χ4v) is 1.64. The molecule has 0 bridgehead atoms. The topological polar surface area (TPSA) is 72.6 Å². The molecule has 1 saturated heterocycles. The Hall–Kier alpha value is -0.940. The summed E-state index contributed by atoms with van der Waals surface area (Å²) in [5.74, 6) is -0.364. The molecule has 1 rings (SSSR count). The molecule has 0 unspecified atom stereocenters. The summed E-state index contributed by atoms with van der Waals surface area (Å²) in [5.41, 5.74) is 5.61. The van der Waals surface area contributed by atoms with Crippen molar-refractivity contribution < 1.29 is 14.3 Å². The smallest absolute Gasteiger partial charge is 0.246 e. The fraction of sp³-hybridized carbons (Fsp3) is 0.818. The van der Waals surface area contributed by atoms with Gasteiger partial charge in [0, 0.05) is 19.6 Å². The molecule has 0 spiro atoms. The van der Waals surface area contributed by atoms with Crippen molar-refractivity contribution in [3.05, 3.63) is 0 Å². The Kier molecular flexibility index (Phi) is 4.89. The van der Waals surface area contributed by atoms with Gasteiger partial charge in [0.1, 0.15) is 0 Å². The summed E-state index contributed by atoms with van der Waals surface area (Å²) in [6.07, 6.45) is 1.69. The SMILES string of the molecule is CC(C)OCCCN1C(=O)CC[C@H](N)C1=O. The molecule has 1 aliphatic heterocycles. The number of hydrogen-bond donors (Lipinski definition) is 1. The van der Waals surface area contributed by atoms with Crippen LogP contribution in [0.3, 0.4) is 0 Å². The van der Waals surface area contributed by atoms with E-state index in [-0.39, 0.29) is 17.9 Å². The lowest BCUT2D eigenvalue weighted by Gasteiger charge is -2.28. The minimum Gasteiger partial charge on any atom is -0.379 e. The largest absolute Gasteiger partial charge is 0.379 e. The van der Waals surface area contributed by atoms with Crippen LogP contribution in [0.5, 0.6) is 0 Å². The first-order valence-electron chi connectivity index (χ1n) is 5.73. The molecular weight excluding hydrogens is 208 g/mol. The van der Waals surface area contributed by atoms with Crippen molar-refractivity contribution >= 4 is 11.8 Å². The zero-order valence-electron chi connectivity index (χ0n) is 9.94. The molecule has 1 aliphatic rings. The predicted octanol–water partition coefficient (Wildman–Crippen LogP) is 0.278. The van der Waals surface area contributed by atoms with E-state index in [1.54, 1.807) is 0 Å². The van der Waals surface area contributed by atoms with Gasteiger partial charge in [0.2, 0.25) is 11.8 Å². The van der Waals surface area contributed by atoms with Crippen LogP contribution in [0.1, 0.15) is 33.1 Å². The third-order valence-electron chi connectivity index (χ3n) is 2.53. The van der Waals surface area contributed by atoms with Crippen molar-refractivity contribution in [3.8, 4) is 0 Å². The van der Waals surface area contributed by atoms with Crippen molar-refractivity contribution in [1.29, 1.82) is 0 Å². The van der Waals surface area contributed by atoms with Crippen LogP contribution in [-0.2, 0) is 14.3 Å². The Balaban J connectivity index is 2.33. The van der Waals surface area contributed by atoms with Crippen LogP contribution >= 0.6 is 0 Å². The number of imide groups is 1. The van der Waals surface area contributed by atoms with E-state index in [0.717, 1.165) is 0 Å². The Morgan fingerprint density at radius 1 is 1.50 bits per heavy atom. The van der Waals surface area contributed by atoms with Crippen LogP contribution in [-0.4, -0.2) is 42.0 Å². The lowest BCUT2D eigenvalue weighted by atomic mass is 10.1. The third kappa shape index (κ3) is 3.57. The van der Waals surface area contributed by atoms with E-state index in [1.807, 2.05) is 13.8 Å². The molecule has 0 aromatic heterocycles. The van der Waals surface area contributed by atoms with E-state index in [4.69, 9.17) is 10.5 Å². The Morgan fingerprint density at radius 2 is 2.19 bits per heavy atom. The van der Waals surface area contributed by atoms with E-state index in [1.165, 1.54) is 4.90 Å². The van der Waals surface area contributed by atoms with Gasteiger partial charge in [-0.15, -0.1) is 0 Å². The zero-order chi connectivity index (χ0) is 12.1. The number of nitrogens with zero attached hydrogens (tertiary/aromatic N) is 1. The van der Waals surface area contributed by atoms with Gasteiger partial charge in [-0.25, -0.2) is 0 Å². The maximum Gasteiger partial charge on any atom is 0.246 e. The second-order valence-electron chi connectivity index (χ2n) is 4.30. The van der Waals surface area contributed by atoms with Crippen molar-refractivity contribution in [1.82, 2.24) is 4.90 Å². The van der Waals surface area contributed by atoms with E-state index in [2.05, 4.69) is 0 Å². The molecule has 0 radical (unpaired) electrons. The normalized spacial score (nSPS) is 22.0. The predicted molar refractivity (Wildman–Crippen MR) is 59.6 cm³/mol. The van der Waals surface area contributed by atoms with Gasteiger partial charge in [-0.05, 0) is 26.7 Å². The first kappa shape index (κ1) is 13.1. The monoisotopic (exact) mass is 228 g/mol. The summed E-state index contributed by atoms with van der Waals surface area (Å²) in [5, 5.41) is 0. The molecule has 5 heteroatoms. The number of nitrogens with two attached hydrogens (primary N) is 1. The molecule has 0 aromatic carbocycles. The fourth-order valence-electron chi connectivity index (χ4n) is 1.64. The number of piperidine rings is 1. The number of carbonyl (C=O) groups excluding carboxylic acids is 2. The van der Waals surface area contributed by atoms with Crippen LogP contribution in [0.25, 0.3) is 0 Å². The van der Waals surface area contributed by atoms with Gasteiger partial charge in [0.05, 0.1) is 12.1 Å². The van der Waals surface area contributed by atoms with Crippen LogP contribution < -0.4 is 5.73 Å². The second-order valence-corrected chi connectivity index (χ2v) is 4.30. The van der Waals surface area contributed by atoms with Gasteiger partial charge >= 0.3 is 0 Å². The highest BCUT2D eigenvalue weighted by atomic mass is 16.5. The number of likely N-dealkylation sites (tertiary alicyclic amines) is 1. The van der Waals surface area contributed by atoms with Crippen molar-refractivity contribution in [2.75, 3.05) is 13.2 Å². The summed E-state index contributed by atoms with van der Waals surface area (Å²) in [7, 11) is 0. The minimum atomic E-state index is -0.510. The summed E-state index contributed by atoms with van der Waals surface area (Å²) in [6, 6.07) is -0.510. The first-order chi connectivity index (χ1) is 7.52. The Morgan fingerprint density at radius 3 is 2.81 bits per heavy atom. The standard InChI is InChI=1S/C11H20N2O3/c1-8(2)16-7-3-6-13-10(14)5-4-9(12)11(13)15/h8-9H,3-7,12H2,1-2H3/t9-/m0/s1. The van der Waals surface area contributed by atoms with Crippen molar-refractivity contribution in [2.24, 2.45) is 5.73 Å². The van der Waals surface area contributed by atoms with Gasteiger partial charge in [-0.1, -0.05) is 0 Å². The lowest BCUT2D eigenvalue weighted by Crippen LogP contribution is -2.51. The highest BCUT2D eigenvalue weighted by Gasteiger charge is 2.31. The van der Waals surface area contributed by atoms with Crippen LogP contribution in [0.2, 0.25) is 0 Å². The highest BCUT2D eigenvalue weighted by molar-refractivity contribution is 6.00. The molecule has 0 saturated carbocycles. The molecule has 1 atom stereocenters. The summed E-state index contributed by atoms with van der Waals surface area (Å²) >= 11 is 0. The number of carbonyl (C=O) groups is 2. The molecule has 0 aliphatic carbocycles. The van der Waals surface area contributed by atoms with Crippen molar-refractivity contribution in [3.63, 3.8) is 0 Å². The van der Waals surface area contributed by atoms with E-state index in [0.29, 0.717) is 32.4 Å². The molecule has 2 N–H and O–H groups in total. The van der Waals surface area contributed by atoms with Crippen LogP contribution in [0, 0.1) is 0 Å². The molecule has 1 fully saturated rings. The van der Waals surface area contributed by atoms with Gasteiger partial charge in [-0.3, -0.25) is 14.5 Å². The van der Waals surface area contributed by atoms with E-state index >= 15 is 0 Å². The second kappa shape index (κ2) is 5.96. The maximum atomic E-state index is 11.6. The lowest BCUT2D eigenvalue weighted by molar-refractivity contribution is -0.149. The summed E-state index contributed by atoms with van der Waals surface area (Å²) < 4.78 is 5.35. The maximum absolute atomic E-state index is 11.6. The van der Waals surface area contributed by atoms with Crippen molar-refractivity contribution in [2.45, 2.75) is 45.3 Å². The van der Waals surface area contributed by atoms with Crippen LogP contribution in [0.4, 0.5) is 0 Å². The number of ether oxygens (including phenoxy) is 1. The first-order valence-corrected chi connectivity index (χ1v) is 5.73. The number of amides is 2. The van der Waals surface area contributed by atoms with E-state index in [9.17, 15) is 9.59 Å². The molecule has 1 heterocycles. The summed E-state index contributed by atoms with van der Waals surface area (Å²) in [4.78, 5) is 24.4. The summed E-state index contributed by atoms with van der Waals surface area (Å²) in [6.45, 7) is 4.88. The molecule has 0 aromatic rings. The van der Waals surface area contributed by atoms with Crippen LogP contribution in [0.15, 0.2) is 0 Å². The average molecular weight is 228 g/mol.